The zero-order chi connectivity index (χ0) is 14.0. The van der Waals surface area contributed by atoms with Gasteiger partial charge in [0, 0.05) is 18.3 Å². The van der Waals surface area contributed by atoms with Gasteiger partial charge in [0.15, 0.2) is 0 Å². The highest BCUT2D eigenvalue weighted by Crippen LogP contribution is 2.23. The van der Waals surface area contributed by atoms with Gasteiger partial charge in [-0.15, -0.1) is 0 Å². The van der Waals surface area contributed by atoms with Crippen LogP contribution in [0, 0.1) is 27.8 Å². The van der Waals surface area contributed by atoms with Crippen molar-refractivity contribution in [1.82, 2.24) is 5.32 Å². The molecule has 1 heterocycles. The van der Waals surface area contributed by atoms with Gasteiger partial charge in [-0.05, 0) is 24.6 Å². The molecule has 1 aromatic carbocycles. The quantitative estimate of drug-likeness (QED) is 0.642. The van der Waals surface area contributed by atoms with Crippen molar-refractivity contribution in [3.8, 4) is 0 Å². The van der Waals surface area contributed by atoms with Gasteiger partial charge in [0.1, 0.15) is 0 Å². The average Bonchev–Trinajstić information content (AvgIpc) is 2.77. The highest BCUT2D eigenvalue weighted by Gasteiger charge is 2.29. The number of hydrogen-bond donors (Lipinski definition) is 2. The van der Waals surface area contributed by atoms with Gasteiger partial charge in [-0.3, -0.25) is 14.9 Å². The molecule has 2 atom stereocenters. The lowest BCUT2D eigenvalue weighted by Crippen LogP contribution is -2.27. The Morgan fingerprint density at radius 1 is 1.53 bits per heavy atom. The molecule has 2 N–H and O–H groups in total. The number of nitro benzene ring substituents is 1. The fourth-order valence-corrected chi connectivity index (χ4v) is 2.13. The molecule has 6 nitrogen and oxygen atoms in total. The second-order valence-electron chi connectivity index (χ2n) is 4.65. The van der Waals surface area contributed by atoms with Crippen LogP contribution in [0.4, 0.5) is 15.8 Å². The topological polar surface area (TPSA) is 84.3 Å². The lowest BCUT2D eigenvalue weighted by atomic mass is 9.97. The summed E-state index contributed by atoms with van der Waals surface area (Å²) >= 11 is 0. The Labute approximate surface area is 109 Å². The summed E-state index contributed by atoms with van der Waals surface area (Å²) in [5.74, 6) is -1.10. The summed E-state index contributed by atoms with van der Waals surface area (Å²) < 4.78 is 13.2. The smallest absolute Gasteiger partial charge is 0.306 e. The Hall–Kier alpha value is -2.02. The van der Waals surface area contributed by atoms with Crippen LogP contribution in [0.15, 0.2) is 18.2 Å². The van der Waals surface area contributed by atoms with Crippen molar-refractivity contribution in [3.05, 3.63) is 34.1 Å². The molecule has 1 saturated heterocycles. The summed E-state index contributed by atoms with van der Waals surface area (Å²) in [6, 6.07) is 3.32. The van der Waals surface area contributed by atoms with Crippen molar-refractivity contribution in [2.24, 2.45) is 11.8 Å². The maximum atomic E-state index is 13.2. The lowest BCUT2D eigenvalue weighted by Gasteiger charge is -2.14. The number of nitro groups is 1. The highest BCUT2D eigenvalue weighted by molar-refractivity contribution is 5.93. The van der Waals surface area contributed by atoms with Crippen LogP contribution >= 0.6 is 0 Å². The molecule has 2 rings (SSSR count). The van der Waals surface area contributed by atoms with Gasteiger partial charge in [-0.25, -0.2) is 0 Å². The minimum Gasteiger partial charge on any atom is -0.326 e. The second kappa shape index (κ2) is 5.31. The first kappa shape index (κ1) is 13.4. The first-order valence-electron chi connectivity index (χ1n) is 5.94. The van der Waals surface area contributed by atoms with Crippen molar-refractivity contribution in [2.45, 2.75) is 6.92 Å². The number of halogens is 1. The summed E-state index contributed by atoms with van der Waals surface area (Å²) in [5.41, 5.74) is -0.410. The molecular formula is C12H14FN3O3. The first-order valence-corrected chi connectivity index (χ1v) is 5.94. The van der Waals surface area contributed by atoms with E-state index < -0.39 is 16.4 Å². The van der Waals surface area contributed by atoms with Crippen LogP contribution < -0.4 is 10.6 Å². The van der Waals surface area contributed by atoms with Crippen LogP contribution in [0.2, 0.25) is 0 Å². The number of nitrogens with zero attached hydrogens (tertiary/aromatic N) is 1. The fourth-order valence-electron chi connectivity index (χ4n) is 2.13. The van der Waals surface area contributed by atoms with Crippen molar-refractivity contribution in [3.63, 3.8) is 0 Å². The number of benzene rings is 1. The van der Waals surface area contributed by atoms with Gasteiger partial charge in [0.05, 0.1) is 10.8 Å². The highest BCUT2D eigenvalue weighted by atomic mass is 19.1. The third-order valence-electron chi connectivity index (χ3n) is 3.26. The van der Waals surface area contributed by atoms with E-state index in [0.29, 0.717) is 6.54 Å². The molecule has 0 spiro atoms. The minimum absolute atomic E-state index is 0.177. The molecular weight excluding hydrogens is 253 g/mol. The summed E-state index contributed by atoms with van der Waals surface area (Å²) in [4.78, 5) is 21.8. The maximum absolute atomic E-state index is 13.2. The summed E-state index contributed by atoms with van der Waals surface area (Å²) in [6.45, 7) is 3.30. The van der Waals surface area contributed by atoms with Crippen molar-refractivity contribution in [2.75, 3.05) is 18.4 Å². The van der Waals surface area contributed by atoms with Crippen molar-refractivity contribution in [1.29, 1.82) is 0 Å². The third kappa shape index (κ3) is 2.87. The third-order valence-corrected chi connectivity index (χ3v) is 3.26. The SMILES string of the molecule is C[C@@H]1CNC[C@H]1C(=O)Nc1ccc(F)c([N+](=O)[O-])c1. The van der Waals surface area contributed by atoms with Crippen LogP contribution in [0.25, 0.3) is 0 Å². The van der Waals surface area contributed by atoms with Gasteiger partial charge in [-0.2, -0.15) is 4.39 Å². The predicted molar refractivity (Wildman–Crippen MR) is 67.2 cm³/mol. The summed E-state index contributed by atoms with van der Waals surface area (Å²) in [6.07, 6.45) is 0. The molecule has 1 aliphatic rings. The molecule has 0 aromatic heterocycles. The molecule has 7 heteroatoms. The Kier molecular flexibility index (Phi) is 3.75. The molecule has 0 unspecified atom stereocenters. The number of carbonyl (C=O) groups is 1. The zero-order valence-corrected chi connectivity index (χ0v) is 10.4. The molecule has 1 aliphatic heterocycles. The molecule has 1 aromatic rings. The van der Waals surface area contributed by atoms with Gasteiger partial charge < -0.3 is 10.6 Å². The van der Waals surface area contributed by atoms with Gasteiger partial charge in [0.2, 0.25) is 11.7 Å². The number of amides is 1. The van der Waals surface area contributed by atoms with Crippen LogP contribution in [0.5, 0.6) is 0 Å². The molecule has 0 aliphatic carbocycles. The number of nitrogens with one attached hydrogen (secondary N) is 2. The van der Waals surface area contributed by atoms with Crippen LogP contribution in [-0.4, -0.2) is 23.9 Å². The number of carbonyl (C=O) groups excluding carboxylic acids is 1. The van der Waals surface area contributed by atoms with Crippen LogP contribution in [0.3, 0.4) is 0 Å². The van der Waals surface area contributed by atoms with E-state index in [-0.39, 0.29) is 23.4 Å². The molecule has 0 radical (unpaired) electrons. The summed E-state index contributed by atoms with van der Waals surface area (Å²) in [7, 11) is 0. The van der Waals surface area contributed by atoms with E-state index in [1.807, 2.05) is 6.92 Å². The van der Waals surface area contributed by atoms with E-state index in [1.165, 1.54) is 6.07 Å². The van der Waals surface area contributed by atoms with Crippen molar-refractivity contribution >= 4 is 17.3 Å². The molecule has 1 fully saturated rings. The molecule has 102 valence electrons. The van der Waals surface area contributed by atoms with Crippen molar-refractivity contribution < 1.29 is 14.1 Å². The van der Waals surface area contributed by atoms with E-state index in [2.05, 4.69) is 10.6 Å². The molecule has 0 bridgehead atoms. The standard InChI is InChI=1S/C12H14FN3O3/c1-7-5-14-6-9(7)12(17)15-8-2-3-10(13)11(4-8)16(18)19/h2-4,7,9,14H,5-6H2,1H3,(H,15,17)/t7-,9-/m1/s1. The Balaban J connectivity index is 2.13. The Bertz CT molecular complexity index is 521. The monoisotopic (exact) mass is 267 g/mol. The first-order chi connectivity index (χ1) is 8.99. The van der Waals surface area contributed by atoms with E-state index in [4.69, 9.17) is 0 Å². The Morgan fingerprint density at radius 2 is 2.26 bits per heavy atom. The van der Waals surface area contributed by atoms with Crippen LogP contribution in [0.1, 0.15) is 6.92 Å². The van der Waals surface area contributed by atoms with E-state index in [0.717, 1.165) is 18.7 Å². The predicted octanol–water partition coefficient (Wildman–Crippen LogP) is 1.53. The molecule has 19 heavy (non-hydrogen) atoms. The molecule has 1 amide bonds. The van der Waals surface area contributed by atoms with E-state index >= 15 is 0 Å². The van der Waals surface area contributed by atoms with Crippen LogP contribution in [-0.2, 0) is 4.79 Å². The Morgan fingerprint density at radius 3 is 2.84 bits per heavy atom. The number of rotatable bonds is 3. The minimum atomic E-state index is -0.918. The number of hydrogen-bond acceptors (Lipinski definition) is 4. The second-order valence-corrected chi connectivity index (χ2v) is 4.65. The zero-order valence-electron chi connectivity index (χ0n) is 10.4. The van der Waals surface area contributed by atoms with Gasteiger partial charge in [0.25, 0.3) is 0 Å². The largest absolute Gasteiger partial charge is 0.326 e. The van der Waals surface area contributed by atoms with Gasteiger partial charge >= 0.3 is 5.69 Å². The van der Waals surface area contributed by atoms with E-state index in [9.17, 15) is 19.3 Å². The maximum Gasteiger partial charge on any atom is 0.306 e. The fraction of sp³-hybridized carbons (Fsp3) is 0.417. The lowest BCUT2D eigenvalue weighted by molar-refractivity contribution is -0.387. The number of anilines is 1. The summed E-state index contributed by atoms with van der Waals surface area (Å²) in [5, 5.41) is 16.3. The average molecular weight is 267 g/mol. The van der Waals surface area contributed by atoms with Gasteiger partial charge in [-0.1, -0.05) is 6.92 Å². The molecule has 0 saturated carbocycles. The van der Waals surface area contributed by atoms with E-state index in [1.54, 1.807) is 0 Å². The normalized spacial score (nSPS) is 22.2.